The highest BCUT2D eigenvalue weighted by molar-refractivity contribution is 6.05. The van der Waals surface area contributed by atoms with Crippen LogP contribution in [0.5, 0.6) is 0 Å². The van der Waals surface area contributed by atoms with Gasteiger partial charge in [0.25, 0.3) is 11.5 Å². The van der Waals surface area contributed by atoms with Crippen molar-refractivity contribution in [3.8, 4) is 5.95 Å². The van der Waals surface area contributed by atoms with Crippen molar-refractivity contribution in [3.63, 3.8) is 0 Å². The maximum absolute atomic E-state index is 12.8. The largest absolute Gasteiger partial charge is 0.465 e. The average molecular weight is 313 g/mol. The quantitative estimate of drug-likeness (QED) is 0.713. The second-order valence-corrected chi connectivity index (χ2v) is 5.15. The number of aromatic nitrogens is 5. The minimum Gasteiger partial charge on any atom is -0.465 e. The van der Waals surface area contributed by atoms with E-state index in [0.29, 0.717) is 33.5 Å². The fourth-order valence-corrected chi connectivity index (χ4v) is 2.61. The Morgan fingerprint density at radius 2 is 1.96 bits per heavy atom. The van der Waals surface area contributed by atoms with Gasteiger partial charge in [-0.1, -0.05) is 0 Å². The molecule has 8 heteroatoms. The van der Waals surface area contributed by atoms with Crippen molar-refractivity contribution in [2.24, 2.45) is 0 Å². The lowest BCUT2D eigenvalue weighted by Gasteiger charge is -2.11. The lowest BCUT2D eigenvalue weighted by Crippen LogP contribution is -2.21. The molecule has 0 saturated carbocycles. The number of esters is 1. The van der Waals surface area contributed by atoms with E-state index >= 15 is 0 Å². The first-order chi connectivity index (χ1) is 10.9. The summed E-state index contributed by atoms with van der Waals surface area (Å²) in [5, 5.41) is 7.54. The van der Waals surface area contributed by atoms with Crippen LogP contribution in [-0.4, -0.2) is 37.8 Å². The highest BCUT2D eigenvalue weighted by atomic mass is 16.5. The predicted octanol–water partition coefficient (Wildman–Crippen LogP) is 1.22. The second kappa shape index (κ2) is 5.31. The van der Waals surface area contributed by atoms with E-state index in [9.17, 15) is 9.59 Å². The summed E-state index contributed by atoms with van der Waals surface area (Å²) in [5.41, 5.74) is 1.02. The number of aromatic amines is 1. The third-order valence-corrected chi connectivity index (χ3v) is 3.61. The molecule has 0 atom stereocenters. The fourth-order valence-electron chi connectivity index (χ4n) is 2.61. The smallest absolute Gasteiger partial charge is 0.340 e. The van der Waals surface area contributed by atoms with Crippen molar-refractivity contribution >= 4 is 16.7 Å². The molecule has 118 valence electrons. The first-order valence-corrected chi connectivity index (χ1v) is 6.94. The number of rotatable bonds is 2. The predicted molar refractivity (Wildman–Crippen MR) is 82.8 cm³/mol. The molecule has 3 aromatic rings. The van der Waals surface area contributed by atoms with Crippen LogP contribution in [0.2, 0.25) is 0 Å². The van der Waals surface area contributed by atoms with Crippen LogP contribution in [0, 0.1) is 20.8 Å². The highest BCUT2D eigenvalue weighted by Gasteiger charge is 2.20. The summed E-state index contributed by atoms with van der Waals surface area (Å²) in [5.74, 6) is 0.320. The third-order valence-electron chi connectivity index (χ3n) is 3.61. The SMILES string of the molecule is COC(=O)c1c(C)nc(C)c2c(=O)n(-c3n[nH]c(C)n3)ccc12. The minimum absolute atomic E-state index is 0.244. The highest BCUT2D eigenvalue weighted by Crippen LogP contribution is 2.22. The number of nitrogens with one attached hydrogen (secondary N) is 1. The Morgan fingerprint density at radius 1 is 1.22 bits per heavy atom. The van der Waals surface area contributed by atoms with Gasteiger partial charge in [-0.05, 0) is 26.8 Å². The summed E-state index contributed by atoms with van der Waals surface area (Å²) >= 11 is 0. The van der Waals surface area contributed by atoms with Gasteiger partial charge in [0.2, 0.25) is 0 Å². The number of nitrogens with zero attached hydrogens (tertiary/aromatic N) is 4. The van der Waals surface area contributed by atoms with Gasteiger partial charge in [0, 0.05) is 11.6 Å². The van der Waals surface area contributed by atoms with Gasteiger partial charge in [-0.3, -0.25) is 19.4 Å². The van der Waals surface area contributed by atoms with Crippen molar-refractivity contribution in [2.45, 2.75) is 20.8 Å². The number of hydrogen-bond acceptors (Lipinski definition) is 6. The summed E-state index contributed by atoms with van der Waals surface area (Å²) in [6.07, 6.45) is 1.54. The van der Waals surface area contributed by atoms with E-state index in [4.69, 9.17) is 4.74 Å². The molecule has 23 heavy (non-hydrogen) atoms. The van der Waals surface area contributed by atoms with E-state index in [0.717, 1.165) is 0 Å². The van der Waals surface area contributed by atoms with Crippen molar-refractivity contribution in [2.75, 3.05) is 7.11 Å². The Labute approximate surface area is 131 Å². The molecule has 0 aliphatic heterocycles. The molecular weight excluding hydrogens is 298 g/mol. The van der Waals surface area contributed by atoms with Gasteiger partial charge >= 0.3 is 5.97 Å². The molecule has 8 nitrogen and oxygen atoms in total. The van der Waals surface area contributed by atoms with Crippen molar-refractivity contribution in [3.05, 3.63) is 45.4 Å². The van der Waals surface area contributed by atoms with E-state index in [-0.39, 0.29) is 11.5 Å². The first-order valence-electron chi connectivity index (χ1n) is 6.94. The number of carbonyl (C=O) groups is 1. The molecule has 0 aliphatic rings. The van der Waals surface area contributed by atoms with Gasteiger partial charge in [-0.15, -0.1) is 5.10 Å². The second-order valence-electron chi connectivity index (χ2n) is 5.15. The number of methoxy groups -OCH3 is 1. The van der Waals surface area contributed by atoms with E-state index in [1.165, 1.54) is 11.7 Å². The Morgan fingerprint density at radius 3 is 2.57 bits per heavy atom. The zero-order chi connectivity index (χ0) is 16.7. The van der Waals surface area contributed by atoms with E-state index in [1.807, 2.05) is 0 Å². The number of ether oxygens (including phenoxy) is 1. The number of pyridine rings is 2. The Kier molecular flexibility index (Phi) is 3.44. The summed E-state index contributed by atoms with van der Waals surface area (Å²) in [4.78, 5) is 33.3. The molecule has 3 heterocycles. The lowest BCUT2D eigenvalue weighted by molar-refractivity contribution is 0.0601. The van der Waals surface area contributed by atoms with Gasteiger partial charge in [-0.2, -0.15) is 4.98 Å². The van der Waals surface area contributed by atoms with Gasteiger partial charge in [0.15, 0.2) is 0 Å². The van der Waals surface area contributed by atoms with Crippen LogP contribution in [0.4, 0.5) is 0 Å². The summed E-state index contributed by atoms with van der Waals surface area (Å²) in [7, 11) is 1.30. The number of aryl methyl sites for hydroxylation is 3. The van der Waals surface area contributed by atoms with Crippen LogP contribution in [0.1, 0.15) is 27.6 Å². The molecule has 0 aliphatic carbocycles. The maximum atomic E-state index is 12.8. The molecule has 0 fully saturated rings. The molecule has 0 bridgehead atoms. The normalized spacial score (nSPS) is 11.0. The molecule has 1 N–H and O–H groups in total. The van der Waals surface area contributed by atoms with Crippen LogP contribution >= 0.6 is 0 Å². The molecule has 0 unspecified atom stereocenters. The fraction of sp³-hybridized carbons (Fsp3) is 0.267. The monoisotopic (exact) mass is 313 g/mol. The molecule has 3 aromatic heterocycles. The maximum Gasteiger partial charge on any atom is 0.340 e. The minimum atomic E-state index is -0.522. The molecule has 3 rings (SSSR count). The van der Waals surface area contributed by atoms with Gasteiger partial charge in [0.05, 0.1) is 29.4 Å². The molecule has 0 aromatic carbocycles. The molecule has 0 radical (unpaired) electrons. The third kappa shape index (κ3) is 2.28. The zero-order valence-electron chi connectivity index (χ0n) is 13.2. The van der Waals surface area contributed by atoms with Crippen LogP contribution in [0.25, 0.3) is 16.7 Å². The van der Waals surface area contributed by atoms with Gasteiger partial charge in [0.1, 0.15) is 5.82 Å². The first kappa shape index (κ1) is 14.9. The number of hydrogen-bond donors (Lipinski definition) is 1. The Bertz CT molecular complexity index is 987. The van der Waals surface area contributed by atoms with E-state index in [2.05, 4.69) is 20.2 Å². The molecular formula is C15H15N5O3. The molecule has 0 amide bonds. The van der Waals surface area contributed by atoms with Crippen molar-refractivity contribution < 1.29 is 9.53 Å². The van der Waals surface area contributed by atoms with E-state index < -0.39 is 5.97 Å². The Hall–Kier alpha value is -3.03. The van der Waals surface area contributed by atoms with Crippen molar-refractivity contribution in [1.29, 1.82) is 0 Å². The van der Waals surface area contributed by atoms with Crippen LogP contribution in [-0.2, 0) is 4.74 Å². The summed E-state index contributed by atoms with van der Waals surface area (Å²) in [6.45, 7) is 5.18. The van der Waals surface area contributed by atoms with Crippen LogP contribution < -0.4 is 5.56 Å². The zero-order valence-corrected chi connectivity index (χ0v) is 13.2. The standard InChI is InChI=1S/C15H15N5O3/c1-7-11-10(12(8(2)16-7)14(22)23-4)5-6-20(13(11)21)15-17-9(3)18-19-15/h5-6H,1-4H3,(H,17,18,19). The summed E-state index contributed by atoms with van der Waals surface area (Å²) in [6, 6.07) is 1.68. The van der Waals surface area contributed by atoms with Crippen LogP contribution in [0.15, 0.2) is 17.1 Å². The number of carbonyl (C=O) groups excluding carboxylic acids is 1. The topological polar surface area (TPSA) is 103 Å². The molecule has 0 spiro atoms. The van der Waals surface area contributed by atoms with Crippen LogP contribution in [0.3, 0.4) is 0 Å². The molecule has 0 saturated heterocycles. The van der Waals surface area contributed by atoms with Crippen molar-refractivity contribution in [1.82, 2.24) is 24.7 Å². The number of H-pyrrole nitrogens is 1. The van der Waals surface area contributed by atoms with Gasteiger partial charge in [-0.25, -0.2) is 4.79 Å². The van der Waals surface area contributed by atoms with Gasteiger partial charge < -0.3 is 4.74 Å². The lowest BCUT2D eigenvalue weighted by atomic mass is 10.0. The van der Waals surface area contributed by atoms with E-state index in [1.54, 1.807) is 33.0 Å². The summed E-state index contributed by atoms with van der Waals surface area (Å²) < 4.78 is 6.12. The Balaban J connectivity index is 2.39. The number of fused-ring (bicyclic) bond motifs is 1. The average Bonchev–Trinajstić information content (AvgIpc) is 2.93.